The van der Waals surface area contributed by atoms with Crippen LogP contribution in [0.2, 0.25) is 5.02 Å². The summed E-state index contributed by atoms with van der Waals surface area (Å²) >= 11 is 5.91. The van der Waals surface area contributed by atoms with E-state index in [2.05, 4.69) is 15.5 Å². The molecule has 19 heavy (non-hydrogen) atoms. The molecular weight excluding hydrogens is 271 g/mol. The van der Waals surface area contributed by atoms with Crippen LogP contribution in [0, 0.1) is 5.82 Å². The van der Waals surface area contributed by atoms with E-state index in [1.807, 2.05) is 0 Å². The maximum Gasteiger partial charge on any atom is 0.321 e. The average Bonchev–Trinajstić information content (AvgIpc) is 2.85. The third-order valence-corrected chi connectivity index (χ3v) is 2.87. The Morgan fingerprint density at radius 3 is 3.00 bits per heavy atom. The number of hydrogen-bond donors (Lipinski definition) is 2. The number of carbonyl (C=O) groups is 1. The first-order chi connectivity index (χ1) is 9.06. The maximum absolute atomic E-state index is 12.9. The smallest absolute Gasteiger partial charge is 0.321 e. The second kappa shape index (κ2) is 5.71. The minimum Gasteiger partial charge on any atom is -0.323 e. The molecule has 100 valence electrons. The average molecular weight is 283 g/mol. The number of aromatic nitrogens is 2. The maximum atomic E-state index is 12.9. The van der Waals surface area contributed by atoms with Crippen molar-refractivity contribution in [3.8, 4) is 0 Å². The molecule has 1 aromatic carbocycles. The number of halogens is 2. The Labute approximate surface area is 114 Å². The summed E-state index contributed by atoms with van der Waals surface area (Å²) in [7, 11) is 1.62. The van der Waals surface area contributed by atoms with E-state index in [-0.39, 0.29) is 12.6 Å². The van der Waals surface area contributed by atoms with Gasteiger partial charge < -0.3 is 10.2 Å². The second-order valence-electron chi connectivity index (χ2n) is 4.01. The van der Waals surface area contributed by atoms with E-state index in [0.29, 0.717) is 16.3 Å². The number of amides is 2. The molecule has 0 radical (unpaired) electrons. The minimum absolute atomic E-state index is 0.281. The van der Waals surface area contributed by atoms with Crippen molar-refractivity contribution in [2.75, 3.05) is 12.4 Å². The number of H-pyrrole nitrogens is 1. The van der Waals surface area contributed by atoms with Crippen LogP contribution in [-0.4, -0.2) is 28.2 Å². The first kappa shape index (κ1) is 13.4. The number of hydrogen-bond acceptors (Lipinski definition) is 2. The van der Waals surface area contributed by atoms with Gasteiger partial charge in [-0.05, 0) is 17.7 Å². The molecule has 2 aromatic rings. The van der Waals surface area contributed by atoms with Crippen LogP contribution in [0.3, 0.4) is 0 Å². The fourth-order valence-electron chi connectivity index (χ4n) is 1.52. The Bertz CT molecular complexity index is 573. The van der Waals surface area contributed by atoms with E-state index in [9.17, 15) is 9.18 Å². The highest BCUT2D eigenvalue weighted by Crippen LogP contribution is 2.18. The van der Waals surface area contributed by atoms with Gasteiger partial charge in [-0.25, -0.2) is 9.18 Å². The van der Waals surface area contributed by atoms with Gasteiger partial charge in [0, 0.05) is 24.8 Å². The van der Waals surface area contributed by atoms with Crippen LogP contribution < -0.4 is 5.32 Å². The van der Waals surface area contributed by atoms with E-state index >= 15 is 0 Å². The highest BCUT2D eigenvalue weighted by molar-refractivity contribution is 6.31. The molecule has 2 rings (SSSR count). The molecular formula is C12H12ClFN4O. The number of carbonyl (C=O) groups excluding carboxylic acids is 1. The van der Waals surface area contributed by atoms with Crippen LogP contribution in [0.1, 0.15) is 5.56 Å². The third kappa shape index (κ3) is 3.45. The Balaban J connectivity index is 2.00. The Kier molecular flexibility index (Phi) is 4.01. The van der Waals surface area contributed by atoms with Crippen molar-refractivity contribution in [3.63, 3.8) is 0 Å². The van der Waals surface area contributed by atoms with Gasteiger partial charge in [0.2, 0.25) is 0 Å². The first-order valence-corrected chi connectivity index (χ1v) is 5.89. The zero-order chi connectivity index (χ0) is 13.8. The van der Waals surface area contributed by atoms with Crippen molar-refractivity contribution in [2.24, 2.45) is 0 Å². The number of rotatable bonds is 3. The highest BCUT2D eigenvalue weighted by atomic mass is 35.5. The molecule has 0 aliphatic rings. The molecule has 1 heterocycles. The molecule has 0 spiro atoms. The van der Waals surface area contributed by atoms with Crippen LogP contribution in [0.5, 0.6) is 0 Å². The van der Waals surface area contributed by atoms with Gasteiger partial charge in [0.1, 0.15) is 5.82 Å². The van der Waals surface area contributed by atoms with Crippen molar-refractivity contribution in [1.29, 1.82) is 0 Å². The molecule has 0 aliphatic heterocycles. The van der Waals surface area contributed by atoms with Crippen molar-refractivity contribution >= 4 is 23.3 Å². The summed E-state index contributed by atoms with van der Waals surface area (Å²) < 4.78 is 12.9. The number of nitrogens with zero attached hydrogens (tertiary/aromatic N) is 2. The predicted octanol–water partition coefficient (Wildman–Crippen LogP) is 2.87. The van der Waals surface area contributed by atoms with Crippen LogP contribution in [-0.2, 0) is 6.54 Å². The zero-order valence-corrected chi connectivity index (χ0v) is 10.9. The van der Waals surface area contributed by atoms with Gasteiger partial charge in [0.15, 0.2) is 0 Å². The second-order valence-corrected chi connectivity index (χ2v) is 4.42. The number of aromatic amines is 1. The molecule has 2 amide bonds. The van der Waals surface area contributed by atoms with Crippen LogP contribution >= 0.6 is 11.6 Å². The fourth-order valence-corrected chi connectivity index (χ4v) is 1.74. The minimum atomic E-state index is -0.403. The topological polar surface area (TPSA) is 61.0 Å². The van der Waals surface area contributed by atoms with Gasteiger partial charge in [-0.2, -0.15) is 5.10 Å². The number of urea groups is 1. The van der Waals surface area contributed by atoms with E-state index in [1.54, 1.807) is 19.3 Å². The summed E-state index contributed by atoms with van der Waals surface area (Å²) in [4.78, 5) is 13.3. The molecule has 7 heteroatoms. The summed E-state index contributed by atoms with van der Waals surface area (Å²) in [6.45, 7) is 0.281. The summed E-state index contributed by atoms with van der Waals surface area (Å²) in [6.07, 6.45) is 3.06. The van der Waals surface area contributed by atoms with Gasteiger partial charge in [-0.3, -0.25) is 5.10 Å². The van der Waals surface area contributed by atoms with Crippen LogP contribution in [0.15, 0.2) is 30.6 Å². The van der Waals surface area contributed by atoms with Crippen molar-refractivity contribution < 1.29 is 9.18 Å². The zero-order valence-electron chi connectivity index (χ0n) is 10.2. The summed E-state index contributed by atoms with van der Waals surface area (Å²) in [5.41, 5.74) is 1.25. The SMILES string of the molecule is CN(Cc1ccc(F)cc1Cl)C(=O)Nc1cn[nH]c1. The van der Waals surface area contributed by atoms with E-state index in [0.717, 1.165) is 0 Å². The largest absolute Gasteiger partial charge is 0.323 e. The quantitative estimate of drug-likeness (QED) is 0.909. The molecule has 0 unspecified atom stereocenters. The van der Waals surface area contributed by atoms with Gasteiger partial charge >= 0.3 is 6.03 Å². The van der Waals surface area contributed by atoms with E-state index < -0.39 is 5.82 Å². The van der Waals surface area contributed by atoms with Crippen molar-refractivity contribution in [1.82, 2.24) is 15.1 Å². The standard InChI is InChI=1S/C12H12ClFN4O/c1-18(12(19)17-10-5-15-16-6-10)7-8-2-3-9(14)4-11(8)13/h2-6H,7H2,1H3,(H,15,16)(H,17,19). The lowest BCUT2D eigenvalue weighted by atomic mass is 10.2. The molecule has 2 N–H and O–H groups in total. The van der Waals surface area contributed by atoms with Gasteiger partial charge in [-0.15, -0.1) is 0 Å². The molecule has 1 aromatic heterocycles. The predicted molar refractivity (Wildman–Crippen MR) is 70.5 cm³/mol. The van der Waals surface area contributed by atoms with Gasteiger partial charge in [-0.1, -0.05) is 17.7 Å². The molecule has 0 saturated carbocycles. The molecule has 0 atom stereocenters. The number of anilines is 1. The van der Waals surface area contributed by atoms with Gasteiger partial charge in [0.25, 0.3) is 0 Å². The Morgan fingerprint density at radius 1 is 1.58 bits per heavy atom. The monoisotopic (exact) mass is 282 g/mol. The third-order valence-electron chi connectivity index (χ3n) is 2.52. The Hall–Kier alpha value is -2.08. The molecule has 0 fully saturated rings. The molecule has 0 bridgehead atoms. The van der Waals surface area contributed by atoms with Crippen LogP contribution in [0.4, 0.5) is 14.9 Å². The summed E-state index contributed by atoms with van der Waals surface area (Å²) in [5, 5.41) is 9.26. The molecule has 0 aliphatic carbocycles. The summed E-state index contributed by atoms with van der Waals surface area (Å²) in [5.74, 6) is -0.403. The van der Waals surface area contributed by atoms with Crippen molar-refractivity contribution in [3.05, 3.63) is 47.0 Å². The van der Waals surface area contributed by atoms with E-state index in [1.165, 1.54) is 23.2 Å². The van der Waals surface area contributed by atoms with E-state index in [4.69, 9.17) is 11.6 Å². The Morgan fingerprint density at radius 2 is 2.37 bits per heavy atom. The van der Waals surface area contributed by atoms with Gasteiger partial charge in [0.05, 0.1) is 11.9 Å². The highest BCUT2D eigenvalue weighted by Gasteiger charge is 2.12. The van der Waals surface area contributed by atoms with Crippen LogP contribution in [0.25, 0.3) is 0 Å². The lowest BCUT2D eigenvalue weighted by Gasteiger charge is -2.18. The fraction of sp³-hybridized carbons (Fsp3) is 0.167. The van der Waals surface area contributed by atoms with Crippen molar-refractivity contribution in [2.45, 2.75) is 6.54 Å². The summed E-state index contributed by atoms with van der Waals surface area (Å²) in [6, 6.07) is 3.78. The first-order valence-electron chi connectivity index (χ1n) is 5.51. The number of benzene rings is 1. The normalized spacial score (nSPS) is 10.3. The number of nitrogens with one attached hydrogen (secondary N) is 2. The molecule has 5 nitrogen and oxygen atoms in total. The lowest BCUT2D eigenvalue weighted by Crippen LogP contribution is -2.30. The lowest BCUT2D eigenvalue weighted by molar-refractivity contribution is 0.220. The molecule has 0 saturated heterocycles.